The highest BCUT2D eigenvalue weighted by Crippen LogP contribution is 2.27. The molecule has 0 aliphatic heterocycles. The van der Waals surface area contributed by atoms with Crippen molar-refractivity contribution in [1.82, 2.24) is 4.57 Å². The summed E-state index contributed by atoms with van der Waals surface area (Å²) < 4.78 is 27.0. The summed E-state index contributed by atoms with van der Waals surface area (Å²) in [5.41, 5.74) is 4.54. The van der Waals surface area contributed by atoms with Gasteiger partial charge in [-0.05, 0) is 28.3 Å². The minimum absolute atomic E-state index is 0.343. The van der Waals surface area contributed by atoms with E-state index in [-0.39, 0.29) is 5.82 Å². The molecule has 6 heteroatoms. The molecule has 3 rings (SSSR count). The molecular formula is C15H12F2N2O2. The molecule has 1 N–H and O–H groups in total. The van der Waals surface area contributed by atoms with Crippen molar-refractivity contribution >= 4 is 16.6 Å². The van der Waals surface area contributed by atoms with Crippen molar-refractivity contribution in [3.8, 4) is 0 Å². The first kappa shape index (κ1) is 13.5. The second-order valence-electron chi connectivity index (χ2n) is 4.57. The van der Waals surface area contributed by atoms with Gasteiger partial charge in [0.05, 0.1) is 11.2 Å². The fourth-order valence-electron chi connectivity index (χ4n) is 2.32. The largest absolute Gasteiger partial charge is 0.341 e. The van der Waals surface area contributed by atoms with E-state index in [2.05, 4.69) is 15.6 Å². The first-order valence-corrected chi connectivity index (χ1v) is 6.30. The van der Waals surface area contributed by atoms with Crippen molar-refractivity contribution in [2.24, 2.45) is 0 Å². The van der Waals surface area contributed by atoms with Crippen LogP contribution in [0, 0.1) is 5.82 Å². The Balaban J connectivity index is 2.02. The maximum atomic E-state index is 13.5. The van der Waals surface area contributed by atoms with Gasteiger partial charge in [0.25, 0.3) is 0 Å². The normalized spacial score (nSPS) is 11.0. The Morgan fingerprint density at radius 3 is 2.67 bits per heavy atom. The monoisotopic (exact) mass is 290 g/mol. The second-order valence-corrected chi connectivity index (χ2v) is 4.57. The molecule has 1 aromatic heterocycles. The van der Waals surface area contributed by atoms with Gasteiger partial charge in [0.15, 0.2) is 0 Å². The number of hydrogen-bond acceptors (Lipinski definition) is 3. The lowest BCUT2D eigenvalue weighted by atomic mass is 10.2. The third kappa shape index (κ3) is 2.86. The van der Waals surface area contributed by atoms with Crippen LogP contribution < -0.4 is 5.48 Å². The van der Waals surface area contributed by atoms with Gasteiger partial charge in [0.2, 0.25) is 0 Å². The number of fused-ring (bicyclic) bond motifs is 1. The molecule has 0 saturated carbocycles. The van der Waals surface area contributed by atoms with Crippen molar-refractivity contribution < 1.29 is 19.0 Å². The van der Waals surface area contributed by atoms with E-state index in [1.807, 2.05) is 34.9 Å². The SMILES string of the molecule is FOONc1cn(Cc2ccccc2)c2cc(F)ccc12. The maximum Gasteiger partial charge on any atom is 0.125 e. The molecule has 0 bridgehead atoms. The number of anilines is 1. The lowest BCUT2D eigenvalue weighted by molar-refractivity contribution is -0.415. The van der Waals surface area contributed by atoms with Gasteiger partial charge in [0, 0.05) is 23.2 Å². The summed E-state index contributed by atoms with van der Waals surface area (Å²) in [6, 6.07) is 14.1. The van der Waals surface area contributed by atoms with E-state index < -0.39 is 0 Å². The van der Waals surface area contributed by atoms with E-state index in [0.29, 0.717) is 23.1 Å². The van der Waals surface area contributed by atoms with Crippen molar-refractivity contribution in [2.45, 2.75) is 6.54 Å². The van der Waals surface area contributed by atoms with Crippen LogP contribution >= 0.6 is 0 Å². The Morgan fingerprint density at radius 1 is 1.10 bits per heavy atom. The third-order valence-electron chi connectivity index (χ3n) is 3.22. The summed E-state index contributed by atoms with van der Waals surface area (Å²) in [5, 5.41) is 3.75. The molecule has 108 valence electrons. The van der Waals surface area contributed by atoms with Crippen LogP contribution in [-0.2, 0) is 16.6 Å². The van der Waals surface area contributed by atoms with Crippen molar-refractivity contribution in [1.29, 1.82) is 0 Å². The molecule has 0 amide bonds. The van der Waals surface area contributed by atoms with Crippen LogP contribution in [0.25, 0.3) is 10.9 Å². The molecule has 0 saturated heterocycles. The highest BCUT2D eigenvalue weighted by Gasteiger charge is 2.10. The van der Waals surface area contributed by atoms with Crippen LogP contribution in [0.4, 0.5) is 14.6 Å². The smallest absolute Gasteiger partial charge is 0.125 e. The summed E-state index contributed by atoms with van der Waals surface area (Å²) in [6.07, 6.45) is 1.70. The predicted octanol–water partition coefficient (Wildman–Crippen LogP) is 3.99. The summed E-state index contributed by atoms with van der Waals surface area (Å²) in [5.74, 6) is -0.343. The average Bonchev–Trinajstić information content (AvgIpc) is 2.83. The molecule has 0 radical (unpaired) electrons. The molecule has 1 heterocycles. The number of hydrogen-bond donors (Lipinski definition) is 1. The zero-order chi connectivity index (χ0) is 14.7. The number of nitrogens with zero attached hydrogens (tertiary/aromatic N) is 1. The number of benzene rings is 2. The predicted molar refractivity (Wildman–Crippen MR) is 74.3 cm³/mol. The third-order valence-corrected chi connectivity index (χ3v) is 3.22. The Labute approximate surface area is 119 Å². The highest BCUT2D eigenvalue weighted by molar-refractivity contribution is 5.92. The first-order chi connectivity index (χ1) is 10.3. The van der Waals surface area contributed by atoms with Gasteiger partial charge in [-0.25, -0.2) is 9.87 Å². The molecule has 0 aliphatic carbocycles. The Kier molecular flexibility index (Phi) is 3.81. The Hall–Kier alpha value is -2.44. The minimum Gasteiger partial charge on any atom is -0.341 e. The number of aromatic nitrogens is 1. The summed E-state index contributed by atoms with van der Waals surface area (Å²) in [6.45, 7) is 0.555. The van der Waals surface area contributed by atoms with Crippen LogP contribution in [-0.4, -0.2) is 4.57 Å². The van der Waals surface area contributed by atoms with E-state index in [4.69, 9.17) is 0 Å². The van der Waals surface area contributed by atoms with Gasteiger partial charge in [-0.15, -0.1) is 0 Å². The van der Waals surface area contributed by atoms with Crippen LogP contribution in [0.5, 0.6) is 0 Å². The van der Waals surface area contributed by atoms with Crippen molar-refractivity contribution in [3.05, 3.63) is 66.1 Å². The van der Waals surface area contributed by atoms with E-state index in [1.165, 1.54) is 12.1 Å². The van der Waals surface area contributed by atoms with Gasteiger partial charge in [-0.2, -0.15) is 0 Å². The van der Waals surface area contributed by atoms with Crippen molar-refractivity contribution in [2.75, 3.05) is 5.48 Å². The molecule has 0 spiro atoms. The molecular weight excluding hydrogens is 278 g/mol. The Morgan fingerprint density at radius 2 is 1.90 bits per heavy atom. The van der Waals surface area contributed by atoms with Gasteiger partial charge < -0.3 is 4.57 Å². The molecule has 0 atom stereocenters. The lowest BCUT2D eigenvalue weighted by Gasteiger charge is -2.05. The number of nitrogens with one attached hydrogen (secondary N) is 1. The fourth-order valence-corrected chi connectivity index (χ4v) is 2.32. The van der Waals surface area contributed by atoms with E-state index in [1.54, 1.807) is 12.3 Å². The first-order valence-electron chi connectivity index (χ1n) is 6.30. The Bertz CT molecular complexity index is 744. The number of rotatable bonds is 5. The second kappa shape index (κ2) is 5.90. The van der Waals surface area contributed by atoms with Gasteiger partial charge in [0.1, 0.15) is 5.82 Å². The standard InChI is InChI=1S/C15H12F2N2O2/c16-12-6-7-13-14(18-21-20-17)10-19(15(13)8-12)9-11-4-2-1-3-5-11/h1-8,10,18H,9H2. The fraction of sp³-hybridized carbons (Fsp3) is 0.0667. The highest BCUT2D eigenvalue weighted by atomic mass is 19.3. The molecule has 0 aliphatic rings. The zero-order valence-electron chi connectivity index (χ0n) is 10.9. The average molecular weight is 290 g/mol. The summed E-state index contributed by atoms with van der Waals surface area (Å²) in [7, 11) is 0. The summed E-state index contributed by atoms with van der Waals surface area (Å²) >= 11 is 0. The van der Waals surface area contributed by atoms with Gasteiger partial charge in [-0.3, -0.25) is 0 Å². The number of halogens is 2. The van der Waals surface area contributed by atoms with E-state index in [0.717, 1.165) is 5.56 Å². The van der Waals surface area contributed by atoms with Crippen LogP contribution in [0.15, 0.2) is 54.7 Å². The molecule has 0 fully saturated rings. The van der Waals surface area contributed by atoms with Gasteiger partial charge >= 0.3 is 0 Å². The quantitative estimate of drug-likeness (QED) is 0.570. The van der Waals surface area contributed by atoms with E-state index in [9.17, 15) is 8.92 Å². The maximum absolute atomic E-state index is 13.5. The topological polar surface area (TPSA) is 35.4 Å². The molecule has 3 aromatic rings. The zero-order valence-corrected chi connectivity index (χ0v) is 10.9. The van der Waals surface area contributed by atoms with Crippen LogP contribution in [0.2, 0.25) is 0 Å². The van der Waals surface area contributed by atoms with Crippen LogP contribution in [0.3, 0.4) is 0 Å². The summed E-state index contributed by atoms with van der Waals surface area (Å²) in [4.78, 5) is 4.10. The van der Waals surface area contributed by atoms with Crippen LogP contribution in [0.1, 0.15) is 5.56 Å². The molecule has 2 aromatic carbocycles. The van der Waals surface area contributed by atoms with Crippen molar-refractivity contribution in [3.63, 3.8) is 0 Å². The molecule has 4 nitrogen and oxygen atoms in total. The molecule has 0 unspecified atom stereocenters. The van der Waals surface area contributed by atoms with Gasteiger partial charge in [-0.1, -0.05) is 35.3 Å². The molecule has 21 heavy (non-hydrogen) atoms. The van der Waals surface area contributed by atoms with E-state index >= 15 is 0 Å². The lowest BCUT2D eigenvalue weighted by Crippen LogP contribution is -1.98. The minimum atomic E-state index is -0.343.